The van der Waals surface area contributed by atoms with Crippen LogP contribution >= 0.6 is 0 Å². The lowest BCUT2D eigenvalue weighted by Gasteiger charge is -2.40. The number of nitrogens with zero attached hydrogens (tertiary/aromatic N) is 2. The molecule has 1 aliphatic carbocycles. The molecule has 14 heteroatoms. The van der Waals surface area contributed by atoms with Crippen LogP contribution < -0.4 is 10.9 Å². The van der Waals surface area contributed by atoms with Crippen molar-refractivity contribution in [2.75, 3.05) is 19.6 Å². The fourth-order valence-electron chi connectivity index (χ4n) is 7.34. The molecule has 52 heavy (non-hydrogen) atoms. The van der Waals surface area contributed by atoms with Crippen molar-refractivity contribution in [2.45, 2.75) is 84.5 Å². The first kappa shape index (κ1) is 39.0. The number of pyridine rings is 1. The van der Waals surface area contributed by atoms with E-state index in [1.165, 1.54) is 31.2 Å². The fraction of sp³-hybridized carbons (Fsp3) is 0.500. The molecule has 2 N–H and O–H groups in total. The van der Waals surface area contributed by atoms with Crippen molar-refractivity contribution in [1.82, 2.24) is 14.8 Å². The molecule has 3 aromatic rings. The molecule has 7 nitrogen and oxygen atoms in total. The highest BCUT2D eigenvalue weighted by Crippen LogP contribution is 2.49. The summed E-state index contributed by atoms with van der Waals surface area (Å²) in [5, 5.41) is 12.4. The first-order valence-corrected chi connectivity index (χ1v) is 17.2. The normalized spacial score (nSPS) is 18.6. The minimum Gasteiger partial charge on any atom is -0.481 e. The molecular weight excluding hydrogens is 695 g/mol. The van der Waals surface area contributed by atoms with E-state index in [0.29, 0.717) is 41.4 Å². The molecule has 2 fully saturated rings. The van der Waals surface area contributed by atoms with Crippen molar-refractivity contribution in [1.29, 1.82) is 0 Å². The molecule has 1 saturated carbocycles. The van der Waals surface area contributed by atoms with E-state index >= 15 is 4.39 Å². The number of carboxylic acids is 1. The van der Waals surface area contributed by atoms with Crippen LogP contribution in [0.5, 0.6) is 0 Å². The van der Waals surface area contributed by atoms with Gasteiger partial charge in [-0.15, -0.1) is 0 Å². The van der Waals surface area contributed by atoms with E-state index in [4.69, 9.17) is 0 Å². The van der Waals surface area contributed by atoms with Crippen molar-refractivity contribution in [3.8, 4) is 11.1 Å². The molecule has 2 aromatic carbocycles. The summed E-state index contributed by atoms with van der Waals surface area (Å²) >= 11 is 0. The Labute approximate surface area is 296 Å². The van der Waals surface area contributed by atoms with Gasteiger partial charge in [0.25, 0.3) is 11.5 Å². The number of amides is 1. The Hall–Kier alpha value is -4.20. The number of alkyl halides is 5. The summed E-state index contributed by atoms with van der Waals surface area (Å²) in [4.78, 5) is 41.2. The molecule has 1 amide bonds. The van der Waals surface area contributed by atoms with E-state index < -0.39 is 71.2 Å². The first-order valence-electron chi connectivity index (χ1n) is 17.2. The number of benzene rings is 2. The summed E-state index contributed by atoms with van der Waals surface area (Å²) in [6.45, 7) is 9.02. The standard InChI is InChI=1S/C38H42F7N3O4/c1-19(2)6-31(48-17-25(29(12-32(48)49)38(43,44)45)10-23-15-47(16-23)18-26-14-37(26,41)42)36(52)46-30(13-33(50)51)28-11-24(7-22(5)35(28)40)34-20(3)8-27(39)9-21(34)4/h7-9,11-12,17,19,23,26,30-31H,6,10,13-16,18H2,1-5H3,(H,46,52)(H,50,51). The van der Waals surface area contributed by atoms with Crippen LogP contribution in [0.1, 0.15) is 78.6 Å². The summed E-state index contributed by atoms with van der Waals surface area (Å²) in [7, 11) is 0. The van der Waals surface area contributed by atoms with Crippen molar-refractivity contribution >= 4 is 11.9 Å². The van der Waals surface area contributed by atoms with Crippen LogP contribution in [-0.4, -0.2) is 52.0 Å². The molecule has 0 spiro atoms. The molecule has 1 aromatic heterocycles. The maximum absolute atomic E-state index is 15.8. The Morgan fingerprint density at radius 2 is 1.62 bits per heavy atom. The number of rotatable bonds is 13. The van der Waals surface area contributed by atoms with Crippen molar-refractivity contribution < 1.29 is 45.4 Å². The van der Waals surface area contributed by atoms with Crippen LogP contribution in [0.2, 0.25) is 0 Å². The molecule has 1 saturated heterocycles. The molecule has 2 aliphatic rings. The van der Waals surface area contributed by atoms with E-state index in [0.717, 1.165) is 10.8 Å². The highest BCUT2D eigenvalue weighted by atomic mass is 19.4. The van der Waals surface area contributed by atoms with Crippen LogP contribution in [0.3, 0.4) is 0 Å². The Bertz CT molecular complexity index is 1890. The fourth-order valence-corrected chi connectivity index (χ4v) is 7.34. The van der Waals surface area contributed by atoms with Gasteiger partial charge in [-0.2, -0.15) is 13.2 Å². The first-order chi connectivity index (χ1) is 24.1. The summed E-state index contributed by atoms with van der Waals surface area (Å²) in [6.07, 6.45) is -5.01. The molecule has 3 unspecified atom stereocenters. The van der Waals surface area contributed by atoms with Crippen LogP contribution in [0.15, 0.2) is 41.3 Å². The van der Waals surface area contributed by atoms with Crippen molar-refractivity contribution in [2.24, 2.45) is 17.8 Å². The zero-order valence-electron chi connectivity index (χ0n) is 29.5. The van der Waals surface area contributed by atoms with Gasteiger partial charge < -0.3 is 19.9 Å². The Balaban J connectivity index is 1.48. The van der Waals surface area contributed by atoms with Gasteiger partial charge in [0.05, 0.1) is 18.0 Å². The number of carboxylic acid groups (broad SMARTS) is 1. The third kappa shape index (κ3) is 8.70. The van der Waals surface area contributed by atoms with Gasteiger partial charge in [0.15, 0.2) is 0 Å². The Kier molecular flexibility index (Phi) is 11.0. The second kappa shape index (κ2) is 14.7. The number of aromatic nitrogens is 1. The molecule has 2 heterocycles. The number of aryl methyl sites for hydroxylation is 3. The molecular formula is C38H42F7N3O4. The average molecular weight is 738 g/mol. The number of carbonyl (C=O) groups excluding carboxylic acids is 1. The monoisotopic (exact) mass is 737 g/mol. The van der Waals surface area contributed by atoms with Gasteiger partial charge in [-0.05, 0) is 103 Å². The second-order valence-corrected chi connectivity index (χ2v) is 14.8. The predicted octanol–water partition coefficient (Wildman–Crippen LogP) is 7.79. The number of hydrogen-bond donors (Lipinski definition) is 2. The van der Waals surface area contributed by atoms with Crippen molar-refractivity contribution in [3.05, 3.63) is 91.9 Å². The second-order valence-electron chi connectivity index (χ2n) is 14.8. The maximum Gasteiger partial charge on any atom is 0.416 e. The number of nitrogens with one attached hydrogen (secondary N) is 1. The van der Waals surface area contributed by atoms with Gasteiger partial charge in [0, 0.05) is 49.8 Å². The highest BCUT2D eigenvalue weighted by Gasteiger charge is 2.57. The number of halogens is 7. The van der Waals surface area contributed by atoms with E-state index in [1.807, 2.05) is 0 Å². The molecule has 0 bridgehead atoms. The quantitative estimate of drug-likeness (QED) is 0.175. The minimum atomic E-state index is -4.89. The highest BCUT2D eigenvalue weighted by molar-refractivity contribution is 5.82. The number of aliphatic carboxylic acids is 1. The number of carbonyl (C=O) groups is 2. The van der Waals surface area contributed by atoms with Crippen molar-refractivity contribution in [3.63, 3.8) is 0 Å². The zero-order valence-corrected chi connectivity index (χ0v) is 29.5. The van der Waals surface area contributed by atoms with Crippen LogP contribution in [-0.2, 0) is 22.2 Å². The van der Waals surface area contributed by atoms with Crippen LogP contribution in [0.4, 0.5) is 30.7 Å². The Morgan fingerprint density at radius 3 is 2.15 bits per heavy atom. The van der Waals surface area contributed by atoms with Gasteiger partial charge in [-0.25, -0.2) is 17.6 Å². The summed E-state index contributed by atoms with van der Waals surface area (Å²) in [5.41, 5.74) is -0.415. The molecule has 0 radical (unpaired) electrons. The maximum atomic E-state index is 15.8. The summed E-state index contributed by atoms with van der Waals surface area (Å²) in [6, 6.07) is 3.11. The van der Waals surface area contributed by atoms with Gasteiger partial charge in [-0.3, -0.25) is 14.4 Å². The van der Waals surface area contributed by atoms with Gasteiger partial charge in [0.2, 0.25) is 5.91 Å². The van der Waals surface area contributed by atoms with Gasteiger partial charge in [0.1, 0.15) is 17.7 Å². The number of likely N-dealkylation sites (tertiary alicyclic amines) is 1. The topological polar surface area (TPSA) is 91.6 Å². The summed E-state index contributed by atoms with van der Waals surface area (Å²) in [5.74, 6) is -7.59. The van der Waals surface area contributed by atoms with Crippen LogP contribution in [0.25, 0.3) is 11.1 Å². The third-order valence-electron chi connectivity index (χ3n) is 9.92. The third-order valence-corrected chi connectivity index (χ3v) is 9.92. The smallest absolute Gasteiger partial charge is 0.416 e. The van der Waals surface area contributed by atoms with E-state index in [9.17, 15) is 45.8 Å². The molecule has 3 atom stereocenters. The minimum absolute atomic E-state index is 0.0291. The average Bonchev–Trinajstić information content (AvgIpc) is 3.60. The Morgan fingerprint density at radius 1 is 1.00 bits per heavy atom. The largest absolute Gasteiger partial charge is 0.481 e. The van der Waals surface area contributed by atoms with E-state index in [2.05, 4.69) is 5.32 Å². The number of hydrogen-bond acceptors (Lipinski definition) is 4. The lowest BCUT2D eigenvalue weighted by atomic mass is 9.90. The van der Waals surface area contributed by atoms with E-state index in [1.54, 1.807) is 32.6 Å². The molecule has 282 valence electrons. The van der Waals surface area contributed by atoms with Gasteiger partial charge in [-0.1, -0.05) is 13.8 Å². The predicted molar refractivity (Wildman–Crippen MR) is 180 cm³/mol. The lowest BCUT2D eigenvalue weighted by Crippen LogP contribution is -2.49. The van der Waals surface area contributed by atoms with Gasteiger partial charge >= 0.3 is 12.1 Å². The zero-order chi connectivity index (χ0) is 38.4. The van der Waals surface area contributed by atoms with Crippen LogP contribution in [0, 0.1) is 50.2 Å². The molecule has 1 aliphatic heterocycles. The lowest BCUT2D eigenvalue weighted by molar-refractivity contribution is -0.139. The SMILES string of the molecule is Cc1cc(-c2c(C)cc(F)cc2C)cc(C(CC(=O)O)NC(=O)C(CC(C)C)n2cc(CC3CN(CC4CC4(F)F)C3)c(C(F)(F)F)cc2=O)c1F. The van der Waals surface area contributed by atoms with E-state index in [-0.39, 0.29) is 54.3 Å². The summed E-state index contributed by atoms with van der Waals surface area (Å²) < 4.78 is 100. The molecule has 5 rings (SSSR count).